The molecule has 0 unspecified atom stereocenters. The van der Waals surface area contributed by atoms with Gasteiger partial charge in [-0.1, -0.05) is 0 Å². The number of hydrogen-bond donors (Lipinski definition) is 0. The van der Waals surface area contributed by atoms with Gasteiger partial charge in [-0.2, -0.15) is 5.10 Å². The summed E-state index contributed by atoms with van der Waals surface area (Å²) in [5.41, 5.74) is 1.91. The zero-order valence-corrected chi connectivity index (χ0v) is 11.3. The highest BCUT2D eigenvalue weighted by atomic mass is 16.5. The average Bonchev–Trinajstić information content (AvgIpc) is 2.89. The second-order valence-corrected chi connectivity index (χ2v) is 4.42. The van der Waals surface area contributed by atoms with Crippen LogP contribution in [-0.2, 0) is 4.74 Å². The lowest BCUT2D eigenvalue weighted by Gasteiger charge is -2.04. The quantitative estimate of drug-likeness (QED) is 0.792. The fraction of sp³-hybridized carbons (Fsp3) is 0.357. The Labute approximate surface area is 112 Å². The minimum atomic E-state index is -0.338. The van der Waals surface area contributed by atoms with Crippen LogP contribution in [0.1, 0.15) is 37.2 Å². The van der Waals surface area contributed by atoms with Crippen molar-refractivity contribution in [1.82, 2.24) is 14.8 Å². The number of nitrogens with zero attached hydrogens (tertiary/aromatic N) is 3. The van der Waals surface area contributed by atoms with Gasteiger partial charge in [0.1, 0.15) is 5.69 Å². The van der Waals surface area contributed by atoms with Crippen molar-refractivity contribution in [3.63, 3.8) is 0 Å². The van der Waals surface area contributed by atoms with Crippen LogP contribution in [0.2, 0.25) is 0 Å². The molecule has 0 saturated carbocycles. The van der Waals surface area contributed by atoms with E-state index in [2.05, 4.69) is 23.9 Å². The van der Waals surface area contributed by atoms with Crippen LogP contribution in [-0.4, -0.2) is 27.3 Å². The Morgan fingerprint density at radius 1 is 1.37 bits per heavy atom. The molecule has 0 atom stereocenters. The van der Waals surface area contributed by atoms with Crippen molar-refractivity contribution in [2.45, 2.75) is 26.8 Å². The van der Waals surface area contributed by atoms with Crippen molar-refractivity contribution in [3.8, 4) is 11.4 Å². The summed E-state index contributed by atoms with van der Waals surface area (Å²) in [4.78, 5) is 15.9. The summed E-state index contributed by atoms with van der Waals surface area (Å²) < 4.78 is 6.83. The van der Waals surface area contributed by atoms with Gasteiger partial charge in [-0.15, -0.1) is 0 Å². The molecule has 0 aromatic carbocycles. The number of esters is 1. The van der Waals surface area contributed by atoms with Gasteiger partial charge < -0.3 is 4.74 Å². The number of pyridine rings is 1. The normalized spacial score (nSPS) is 10.7. The van der Waals surface area contributed by atoms with Crippen LogP contribution < -0.4 is 0 Å². The number of rotatable bonds is 4. The minimum Gasteiger partial charge on any atom is -0.462 e. The molecule has 0 radical (unpaired) electrons. The molecule has 0 aliphatic rings. The molecule has 0 amide bonds. The fourth-order valence-electron chi connectivity index (χ4n) is 1.67. The number of carbonyl (C=O) groups is 1. The van der Waals surface area contributed by atoms with E-state index in [0.717, 1.165) is 5.69 Å². The molecule has 2 aromatic heterocycles. The zero-order valence-electron chi connectivity index (χ0n) is 11.3. The Morgan fingerprint density at radius 2 is 2.16 bits per heavy atom. The summed E-state index contributed by atoms with van der Waals surface area (Å²) in [6, 6.07) is 5.52. The molecule has 0 spiro atoms. The van der Waals surface area contributed by atoms with Crippen LogP contribution in [0.15, 0.2) is 30.6 Å². The highest BCUT2D eigenvalue weighted by molar-refractivity contribution is 5.90. The van der Waals surface area contributed by atoms with Gasteiger partial charge in [0.15, 0.2) is 0 Å². The summed E-state index contributed by atoms with van der Waals surface area (Å²) >= 11 is 0. The van der Waals surface area contributed by atoms with Crippen molar-refractivity contribution in [2.75, 3.05) is 6.61 Å². The highest BCUT2D eigenvalue weighted by Crippen LogP contribution is 2.17. The standard InChI is InChI=1S/C14H17N3O2/c1-4-19-14(18)11-5-7-15-13(9-11)12-6-8-17(16-12)10(2)3/h5-10H,4H2,1-3H3. The first-order valence-corrected chi connectivity index (χ1v) is 6.30. The Kier molecular flexibility index (Phi) is 3.94. The molecular weight excluding hydrogens is 242 g/mol. The highest BCUT2D eigenvalue weighted by Gasteiger charge is 2.10. The summed E-state index contributed by atoms with van der Waals surface area (Å²) in [5, 5.41) is 4.43. The lowest BCUT2D eigenvalue weighted by Crippen LogP contribution is -2.05. The topological polar surface area (TPSA) is 57.0 Å². The second kappa shape index (κ2) is 5.65. The summed E-state index contributed by atoms with van der Waals surface area (Å²) in [7, 11) is 0. The molecule has 19 heavy (non-hydrogen) atoms. The van der Waals surface area contributed by atoms with E-state index < -0.39 is 0 Å². The van der Waals surface area contributed by atoms with Gasteiger partial charge in [0.25, 0.3) is 0 Å². The maximum Gasteiger partial charge on any atom is 0.338 e. The maximum atomic E-state index is 11.7. The Hall–Kier alpha value is -2.17. The molecule has 2 aromatic rings. The van der Waals surface area contributed by atoms with Gasteiger partial charge in [-0.25, -0.2) is 4.79 Å². The first-order chi connectivity index (χ1) is 9.11. The first-order valence-electron chi connectivity index (χ1n) is 6.30. The molecule has 5 heteroatoms. The summed E-state index contributed by atoms with van der Waals surface area (Å²) in [6.07, 6.45) is 3.49. The number of hydrogen-bond acceptors (Lipinski definition) is 4. The minimum absolute atomic E-state index is 0.294. The molecule has 0 fully saturated rings. The molecule has 2 rings (SSSR count). The van der Waals surface area contributed by atoms with E-state index in [1.807, 2.05) is 16.9 Å². The van der Waals surface area contributed by atoms with E-state index >= 15 is 0 Å². The predicted molar refractivity (Wildman–Crippen MR) is 71.8 cm³/mol. The molecule has 2 heterocycles. The smallest absolute Gasteiger partial charge is 0.338 e. The van der Waals surface area contributed by atoms with E-state index in [9.17, 15) is 4.79 Å². The maximum absolute atomic E-state index is 11.7. The van der Waals surface area contributed by atoms with Crippen molar-refractivity contribution >= 4 is 5.97 Å². The van der Waals surface area contributed by atoms with Crippen LogP contribution >= 0.6 is 0 Å². The molecule has 0 N–H and O–H groups in total. The lowest BCUT2D eigenvalue weighted by atomic mass is 10.2. The number of aromatic nitrogens is 3. The Bertz CT molecular complexity index is 576. The van der Waals surface area contributed by atoms with E-state index in [4.69, 9.17) is 4.74 Å². The first kappa shape index (κ1) is 13.3. The van der Waals surface area contributed by atoms with Crippen LogP contribution in [0.5, 0.6) is 0 Å². The van der Waals surface area contributed by atoms with Gasteiger partial charge in [0.05, 0.1) is 17.9 Å². The van der Waals surface area contributed by atoms with Gasteiger partial charge in [0, 0.05) is 18.4 Å². The fourth-order valence-corrected chi connectivity index (χ4v) is 1.67. The van der Waals surface area contributed by atoms with Gasteiger partial charge in [-0.3, -0.25) is 9.67 Å². The van der Waals surface area contributed by atoms with Crippen LogP contribution in [0.25, 0.3) is 11.4 Å². The second-order valence-electron chi connectivity index (χ2n) is 4.42. The molecule has 100 valence electrons. The average molecular weight is 259 g/mol. The molecule has 0 saturated heterocycles. The molecule has 0 aliphatic heterocycles. The van der Waals surface area contributed by atoms with Gasteiger partial charge in [0.2, 0.25) is 0 Å². The van der Waals surface area contributed by atoms with E-state index in [1.165, 1.54) is 0 Å². The van der Waals surface area contributed by atoms with Gasteiger partial charge >= 0.3 is 5.97 Å². The van der Waals surface area contributed by atoms with E-state index in [-0.39, 0.29) is 5.97 Å². The van der Waals surface area contributed by atoms with Crippen molar-refractivity contribution in [1.29, 1.82) is 0 Å². The predicted octanol–water partition coefficient (Wildman–Crippen LogP) is 2.70. The summed E-state index contributed by atoms with van der Waals surface area (Å²) in [6.45, 7) is 6.25. The number of ether oxygens (including phenoxy) is 1. The van der Waals surface area contributed by atoms with Crippen LogP contribution in [0.3, 0.4) is 0 Å². The number of carbonyl (C=O) groups excluding carboxylic acids is 1. The molecule has 5 nitrogen and oxygen atoms in total. The van der Waals surface area contributed by atoms with Crippen LogP contribution in [0.4, 0.5) is 0 Å². The van der Waals surface area contributed by atoms with Crippen molar-refractivity contribution in [3.05, 3.63) is 36.2 Å². The van der Waals surface area contributed by atoms with Crippen molar-refractivity contribution < 1.29 is 9.53 Å². The van der Waals surface area contributed by atoms with E-state index in [1.54, 1.807) is 25.3 Å². The third-order valence-electron chi connectivity index (χ3n) is 2.67. The monoisotopic (exact) mass is 259 g/mol. The zero-order chi connectivity index (χ0) is 13.8. The Balaban J connectivity index is 2.29. The third-order valence-corrected chi connectivity index (χ3v) is 2.67. The Morgan fingerprint density at radius 3 is 2.79 bits per heavy atom. The molecule has 0 aliphatic carbocycles. The van der Waals surface area contributed by atoms with Crippen LogP contribution in [0, 0.1) is 0 Å². The van der Waals surface area contributed by atoms with E-state index in [0.29, 0.717) is 23.9 Å². The van der Waals surface area contributed by atoms with Gasteiger partial charge in [-0.05, 0) is 39.0 Å². The third kappa shape index (κ3) is 2.99. The summed E-state index contributed by atoms with van der Waals surface area (Å²) in [5.74, 6) is -0.338. The molecule has 0 bridgehead atoms. The molecular formula is C14H17N3O2. The SMILES string of the molecule is CCOC(=O)c1ccnc(-c2ccn(C(C)C)n2)c1. The lowest BCUT2D eigenvalue weighted by molar-refractivity contribution is 0.0526. The largest absolute Gasteiger partial charge is 0.462 e. The van der Waals surface area contributed by atoms with Crippen molar-refractivity contribution in [2.24, 2.45) is 0 Å².